The number of carbonyl (C=O) groups is 1. The molecule has 1 saturated heterocycles. The van der Waals surface area contributed by atoms with E-state index in [1.807, 2.05) is 13.8 Å². The first-order valence-corrected chi connectivity index (χ1v) is 8.31. The van der Waals surface area contributed by atoms with Crippen LogP contribution in [-0.2, 0) is 14.3 Å². The largest absolute Gasteiger partial charge is 0.458 e. The second-order valence-corrected chi connectivity index (χ2v) is 7.14. The molecule has 0 aromatic heterocycles. The molecule has 3 heteroatoms. The fourth-order valence-electron chi connectivity index (χ4n) is 3.41. The van der Waals surface area contributed by atoms with Gasteiger partial charge in [0.25, 0.3) is 0 Å². The van der Waals surface area contributed by atoms with Crippen LogP contribution in [0.3, 0.4) is 0 Å². The minimum absolute atomic E-state index is 0.0209. The van der Waals surface area contributed by atoms with Gasteiger partial charge in [-0.1, -0.05) is 26.2 Å². The van der Waals surface area contributed by atoms with Crippen molar-refractivity contribution in [2.75, 3.05) is 13.2 Å². The van der Waals surface area contributed by atoms with E-state index in [9.17, 15) is 4.79 Å². The molecule has 1 saturated carbocycles. The van der Waals surface area contributed by atoms with Crippen molar-refractivity contribution in [3.8, 4) is 0 Å². The predicted molar refractivity (Wildman–Crippen MR) is 79.5 cm³/mol. The Morgan fingerprint density at radius 3 is 2.35 bits per heavy atom. The molecular weight excluding hydrogens is 252 g/mol. The molecule has 0 aromatic carbocycles. The summed E-state index contributed by atoms with van der Waals surface area (Å²) >= 11 is 0. The van der Waals surface area contributed by atoms with E-state index < -0.39 is 0 Å². The van der Waals surface area contributed by atoms with Gasteiger partial charge in [0.1, 0.15) is 5.60 Å². The standard InChI is InChI=1S/C17H30O3/c1-4-16(2,3)15(18)20-17(10-12-19-13-11-17)14-8-6-5-7-9-14/h14H,4-13H2,1-3H3. The second kappa shape index (κ2) is 6.46. The van der Waals surface area contributed by atoms with E-state index in [2.05, 4.69) is 6.92 Å². The summed E-state index contributed by atoms with van der Waals surface area (Å²) in [6, 6.07) is 0. The van der Waals surface area contributed by atoms with Crippen molar-refractivity contribution in [3.05, 3.63) is 0 Å². The zero-order valence-corrected chi connectivity index (χ0v) is 13.4. The lowest BCUT2D eigenvalue weighted by atomic mass is 9.72. The third-order valence-corrected chi connectivity index (χ3v) is 5.42. The average Bonchev–Trinajstić information content (AvgIpc) is 2.49. The fourth-order valence-corrected chi connectivity index (χ4v) is 3.41. The van der Waals surface area contributed by atoms with Gasteiger partial charge in [0.15, 0.2) is 0 Å². The Morgan fingerprint density at radius 2 is 1.80 bits per heavy atom. The van der Waals surface area contributed by atoms with Crippen molar-refractivity contribution >= 4 is 5.97 Å². The van der Waals surface area contributed by atoms with Crippen LogP contribution < -0.4 is 0 Å². The van der Waals surface area contributed by atoms with Crippen LogP contribution in [-0.4, -0.2) is 24.8 Å². The smallest absolute Gasteiger partial charge is 0.312 e. The molecule has 0 bridgehead atoms. The van der Waals surface area contributed by atoms with E-state index in [1.54, 1.807) is 0 Å². The highest BCUT2D eigenvalue weighted by atomic mass is 16.6. The van der Waals surface area contributed by atoms with Gasteiger partial charge in [0.05, 0.1) is 18.6 Å². The molecule has 1 aliphatic carbocycles. The number of ether oxygens (including phenoxy) is 2. The SMILES string of the molecule is CCC(C)(C)C(=O)OC1(C2CCCCC2)CCOCC1. The molecule has 1 aliphatic heterocycles. The zero-order valence-electron chi connectivity index (χ0n) is 13.4. The first-order chi connectivity index (χ1) is 9.50. The lowest BCUT2D eigenvalue weighted by Crippen LogP contribution is -2.49. The van der Waals surface area contributed by atoms with Crippen LogP contribution >= 0.6 is 0 Å². The number of carbonyl (C=O) groups excluding carboxylic acids is 1. The highest BCUT2D eigenvalue weighted by Gasteiger charge is 2.45. The summed E-state index contributed by atoms with van der Waals surface area (Å²) in [5.41, 5.74) is -0.623. The molecule has 0 N–H and O–H groups in total. The van der Waals surface area contributed by atoms with E-state index in [0.29, 0.717) is 5.92 Å². The summed E-state index contributed by atoms with van der Waals surface area (Å²) in [4.78, 5) is 12.5. The fraction of sp³-hybridized carbons (Fsp3) is 0.941. The highest BCUT2D eigenvalue weighted by Crippen LogP contribution is 2.42. The molecule has 3 nitrogen and oxygen atoms in total. The monoisotopic (exact) mass is 282 g/mol. The first kappa shape index (κ1) is 15.8. The molecule has 0 atom stereocenters. The van der Waals surface area contributed by atoms with Crippen molar-refractivity contribution in [3.63, 3.8) is 0 Å². The van der Waals surface area contributed by atoms with Crippen molar-refractivity contribution in [1.29, 1.82) is 0 Å². The van der Waals surface area contributed by atoms with Crippen LogP contribution in [0, 0.1) is 11.3 Å². The first-order valence-electron chi connectivity index (χ1n) is 8.31. The van der Waals surface area contributed by atoms with Crippen molar-refractivity contribution in [2.24, 2.45) is 11.3 Å². The Morgan fingerprint density at radius 1 is 1.20 bits per heavy atom. The Balaban J connectivity index is 2.12. The summed E-state index contributed by atoms with van der Waals surface area (Å²) in [6.45, 7) is 7.50. The van der Waals surface area contributed by atoms with Crippen LogP contribution in [0.15, 0.2) is 0 Å². The highest BCUT2D eigenvalue weighted by molar-refractivity contribution is 5.76. The molecule has 2 rings (SSSR count). The van der Waals surface area contributed by atoms with Gasteiger partial charge < -0.3 is 9.47 Å². The maximum atomic E-state index is 12.5. The third-order valence-electron chi connectivity index (χ3n) is 5.42. The van der Waals surface area contributed by atoms with E-state index in [4.69, 9.17) is 9.47 Å². The van der Waals surface area contributed by atoms with Crippen LogP contribution in [0.2, 0.25) is 0 Å². The Kier molecular flexibility index (Phi) is 5.11. The molecule has 0 unspecified atom stereocenters. The molecular formula is C17H30O3. The van der Waals surface area contributed by atoms with Gasteiger partial charge in [-0.25, -0.2) is 0 Å². The lowest BCUT2D eigenvalue weighted by Gasteiger charge is -2.45. The summed E-state index contributed by atoms with van der Waals surface area (Å²) in [6.07, 6.45) is 8.89. The Labute approximate surface area is 123 Å². The minimum Gasteiger partial charge on any atom is -0.458 e. The van der Waals surface area contributed by atoms with Crippen LogP contribution in [0.25, 0.3) is 0 Å². The lowest BCUT2D eigenvalue weighted by molar-refractivity contribution is -0.191. The number of hydrogen-bond donors (Lipinski definition) is 0. The molecule has 0 spiro atoms. The second-order valence-electron chi connectivity index (χ2n) is 7.14. The van der Waals surface area contributed by atoms with Gasteiger partial charge >= 0.3 is 5.97 Å². The summed E-state index contributed by atoms with van der Waals surface area (Å²) in [5, 5.41) is 0. The summed E-state index contributed by atoms with van der Waals surface area (Å²) in [7, 11) is 0. The topological polar surface area (TPSA) is 35.5 Å². The third kappa shape index (κ3) is 3.36. The molecule has 2 aliphatic rings. The summed E-state index contributed by atoms with van der Waals surface area (Å²) < 4.78 is 11.7. The van der Waals surface area contributed by atoms with E-state index in [1.165, 1.54) is 32.1 Å². The van der Waals surface area contributed by atoms with E-state index in [0.717, 1.165) is 32.5 Å². The van der Waals surface area contributed by atoms with Crippen molar-refractivity contribution < 1.29 is 14.3 Å². The quantitative estimate of drug-likeness (QED) is 0.728. The molecule has 1 heterocycles. The van der Waals surface area contributed by atoms with Crippen molar-refractivity contribution in [2.45, 2.75) is 77.7 Å². The molecule has 0 radical (unpaired) electrons. The van der Waals surface area contributed by atoms with Gasteiger partial charge in [-0.3, -0.25) is 4.79 Å². The van der Waals surface area contributed by atoms with Gasteiger partial charge in [0, 0.05) is 12.8 Å². The van der Waals surface area contributed by atoms with Crippen LogP contribution in [0.5, 0.6) is 0 Å². The normalized spacial score (nSPS) is 24.4. The molecule has 0 aromatic rings. The Bertz CT molecular complexity index is 323. The van der Waals surface area contributed by atoms with Gasteiger partial charge in [-0.2, -0.15) is 0 Å². The maximum absolute atomic E-state index is 12.5. The predicted octanol–water partition coefficient (Wildman–Crippen LogP) is 4.10. The zero-order chi connectivity index (χ0) is 14.6. The van der Waals surface area contributed by atoms with Gasteiger partial charge in [-0.15, -0.1) is 0 Å². The number of rotatable bonds is 4. The molecule has 0 amide bonds. The van der Waals surface area contributed by atoms with E-state index >= 15 is 0 Å². The molecule has 116 valence electrons. The summed E-state index contributed by atoms with van der Waals surface area (Å²) in [5.74, 6) is 0.518. The van der Waals surface area contributed by atoms with Gasteiger partial charge in [0.2, 0.25) is 0 Å². The number of esters is 1. The van der Waals surface area contributed by atoms with Gasteiger partial charge in [-0.05, 0) is 39.0 Å². The Hall–Kier alpha value is -0.570. The molecule has 2 fully saturated rings. The number of hydrogen-bond acceptors (Lipinski definition) is 3. The van der Waals surface area contributed by atoms with Crippen LogP contribution in [0.1, 0.15) is 72.1 Å². The molecule has 20 heavy (non-hydrogen) atoms. The maximum Gasteiger partial charge on any atom is 0.312 e. The van der Waals surface area contributed by atoms with Crippen molar-refractivity contribution in [1.82, 2.24) is 0 Å². The minimum atomic E-state index is -0.375. The van der Waals surface area contributed by atoms with E-state index in [-0.39, 0.29) is 17.0 Å². The average molecular weight is 282 g/mol. The van der Waals surface area contributed by atoms with Crippen LogP contribution in [0.4, 0.5) is 0 Å².